The highest BCUT2D eigenvalue weighted by atomic mass is 16.5. The van der Waals surface area contributed by atoms with Crippen LogP contribution >= 0.6 is 0 Å². The van der Waals surface area contributed by atoms with E-state index in [2.05, 4.69) is 14.7 Å². The topological polar surface area (TPSA) is 76.2 Å². The Labute approximate surface area is 69.4 Å². The first-order valence-corrected chi connectivity index (χ1v) is 3.49. The summed E-state index contributed by atoms with van der Waals surface area (Å²) in [7, 11) is 0. The second-order valence-corrected chi connectivity index (χ2v) is 3.48. The van der Waals surface area contributed by atoms with Crippen LogP contribution in [-0.2, 0) is 5.41 Å². The third-order valence-electron chi connectivity index (χ3n) is 1.28. The van der Waals surface area contributed by atoms with Crippen molar-refractivity contribution < 1.29 is 14.4 Å². The second-order valence-electron chi connectivity index (χ2n) is 3.48. The zero-order valence-corrected chi connectivity index (χ0v) is 7.16. The lowest BCUT2D eigenvalue weighted by atomic mass is 9.96. The minimum atomic E-state index is -1.20. The zero-order valence-electron chi connectivity index (χ0n) is 7.16. The Morgan fingerprint density at radius 1 is 1.50 bits per heavy atom. The molecule has 1 aromatic heterocycles. The Balaban J connectivity index is 3.00. The lowest BCUT2D eigenvalue weighted by molar-refractivity contribution is 0.0643. The van der Waals surface area contributed by atoms with Crippen molar-refractivity contribution in [3.05, 3.63) is 11.7 Å². The molecule has 0 saturated heterocycles. The van der Waals surface area contributed by atoms with Crippen LogP contribution in [0.4, 0.5) is 0 Å². The maximum Gasteiger partial charge on any atom is 0.394 e. The number of carboxylic acid groups (broad SMARTS) is 1. The summed E-state index contributed by atoms with van der Waals surface area (Å²) in [5.74, 6) is -1.15. The number of hydrogen-bond acceptors (Lipinski definition) is 4. The van der Waals surface area contributed by atoms with Gasteiger partial charge in [0.25, 0.3) is 0 Å². The van der Waals surface area contributed by atoms with E-state index >= 15 is 0 Å². The zero-order chi connectivity index (χ0) is 9.35. The van der Waals surface area contributed by atoms with Crippen LogP contribution < -0.4 is 0 Å². The Hall–Kier alpha value is -1.39. The smallest absolute Gasteiger partial charge is 0.394 e. The number of hydrogen-bond donors (Lipinski definition) is 1. The molecule has 5 heteroatoms. The van der Waals surface area contributed by atoms with E-state index in [-0.39, 0.29) is 11.3 Å². The normalized spacial score (nSPS) is 11.6. The van der Waals surface area contributed by atoms with Crippen molar-refractivity contribution in [3.8, 4) is 0 Å². The van der Waals surface area contributed by atoms with Gasteiger partial charge in [-0.05, 0) is 0 Å². The van der Waals surface area contributed by atoms with Crippen LogP contribution in [0.5, 0.6) is 0 Å². The van der Waals surface area contributed by atoms with E-state index in [9.17, 15) is 4.79 Å². The molecule has 0 aromatic carbocycles. The van der Waals surface area contributed by atoms with E-state index in [0.717, 1.165) is 0 Å². The van der Waals surface area contributed by atoms with Gasteiger partial charge in [-0.2, -0.15) is 4.98 Å². The summed E-state index contributed by atoms with van der Waals surface area (Å²) in [6, 6.07) is 0. The summed E-state index contributed by atoms with van der Waals surface area (Å²) < 4.78 is 4.49. The van der Waals surface area contributed by atoms with E-state index < -0.39 is 5.97 Å². The van der Waals surface area contributed by atoms with Gasteiger partial charge in [0.1, 0.15) is 0 Å². The second kappa shape index (κ2) is 2.58. The minimum absolute atomic E-state index is 0.281. The number of carbonyl (C=O) groups is 1. The van der Waals surface area contributed by atoms with Gasteiger partial charge in [-0.1, -0.05) is 25.9 Å². The molecule has 1 rings (SSSR count). The molecule has 12 heavy (non-hydrogen) atoms. The fourth-order valence-corrected chi connectivity index (χ4v) is 0.615. The van der Waals surface area contributed by atoms with Gasteiger partial charge in [-0.3, -0.25) is 0 Å². The summed E-state index contributed by atoms with van der Waals surface area (Å²) in [6.45, 7) is 5.64. The van der Waals surface area contributed by atoms with Crippen molar-refractivity contribution in [1.82, 2.24) is 10.1 Å². The van der Waals surface area contributed by atoms with Crippen molar-refractivity contribution in [2.75, 3.05) is 0 Å². The summed E-state index contributed by atoms with van der Waals surface area (Å²) in [4.78, 5) is 14.0. The van der Waals surface area contributed by atoms with Crippen LogP contribution in [0.1, 0.15) is 37.3 Å². The Kier molecular flexibility index (Phi) is 1.87. The predicted octanol–water partition coefficient (Wildman–Crippen LogP) is 1.07. The largest absolute Gasteiger partial charge is 0.474 e. The number of nitrogens with zero attached hydrogens (tertiary/aromatic N) is 2. The lowest BCUT2D eigenvalue weighted by Gasteiger charge is -2.10. The van der Waals surface area contributed by atoms with E-state index in [4.69, 9.17) is 5.11 Å². The Morgan fingerprint density at radius 2 is 2.08 bits per heavy atom. The van der Waals surface area contributed by atoms with E-state index in [1.807, 2.05) is 20.8 Å². The Bertz CT molecular complexity index is 298. The molecule has 1 aromatic rings. The van der Waals surface area contributed by atoms with E-state index in [0.29, 0.717) is 5.82 Å². The first-order chi connectivity index (χ1) is 5.41. The van der Waals surface area contributed by atoms with Gasteiger partial charge in [0.15, 0.2) is 5.82 Å². The monoisotopic (exact) mass is 170 g/mol. The first-order valence-electron chi connectivity index (χ1n) is 3.49. The first kappa shape index (κ1) is 8.70. The molecule has 1 N–H and O–H groups in total. The third-order valence-corrected chi connectivity index (χ3v) is 1.28. The van der Waals surface area contributed by atoms with Crippen molar-refractivity contribution >= 4 is 5.97 Å². The molecular weight excluding hydrogens is 160 g/mol. The van der Waals surface area contributed by atoms with Crippen molar-refractivity contribution in [2.45, 2.75) is 26.2 Å². The summed E-state index contributed by atoms with van der Waals surface area (Å²) in [5, 5.41) is 12.0. The van der Waals surface area contributed by atoms with Crippen LogP contribution in [0.3, 0.4) is 0 Å². The van der Waals surface area contributed by atoms with Crippen molar-refractivity contribution in [2.24, 2.45) is 0 Å². The molecule has 0 fully saturated rings. The van der Waals surface area contributed by atoms with E-state index in [1.54, 1.807) is 0 Å². The van der Waals surface area contributed by atoms with Crippen LogP contribution in [0.2, 0.25) is 0 Å². The lowest BCUT2D eigenvalue weighted by Crippen LogP contribution is -2.13. The molecule has 0 aliphatic heterocycles. The molecule has 0 aliphatic rings. The van der Waals surface area contributed by atoms with Gasteiger partial charge in [-0.15, -0.1) is 0 Å². The minimum Gasteiger partial charge on any atom is -0.474 e. The molecule has 0 saturated carbocycles. The van der Waals surface area contributed by atoms with Gasteiger partial charge in [0, 0.05) is 5.41 Å². The molecule has 5 nitrogen and oxygen atoms in total. The highest BCUT2D eigenvalue weighted by Crippen LogP contribution is 2.18. The molecule has 0 aliphatic carbocycles. The highest BCUT2D eigenvalue weighted by Gasteiger charge is 2.23. The van der Waals surface area contributed by atoms with Gasteiger partial charge in [0.2, 0.25) is 0 Å². The van der Waals surface area contributed by atoms with Crippen molar-refractivity contribution in [1.29, 1.82) is 0 Å². The molecule has 66 valence electrons. The van der Waals surface area contributed by atoms with Crippen LogP contribution in [-0.4, -0.2) is 21.2 Å². The summed E-state index contributed by atoms with van der Waals surface area (Å²) in [6.07, 6.45) is 0. The van der Waals surface area contributed by atoms with Gasteiger partial charge in [0.05, 0.1) is 0 Å². The van der Waals surface area contributed by atoms with Gasteiger partial charge < -0.3 is 9.63 Å². The molecular formula is C7H10N2O3. The maximum atomic E-state index is 10.3. The van der Waals surface area contributed by atoms with E-state index in [1.165, 1.54) is 0 Å². The molecule has 0 amide bonds. The number of rotatable bonds is 1. The molecule has 0 bridgehead atoms. The number of aromatic carboxylic acids is 1. The third kappa shape index (κ3) is 1.61. The van der Waals surface area contributed by atoms with Crippen LogP contribution in [0, 0.1) is 0 Å². The molecule has 0 atom stereocenters. The average molecular weight is 170 g/mol. The summed E-state index contributed by atoms with van der Waals surface area (Å²) in [5.41, 5.74) is -0.281. The molecule has 0 spiro atoms. The maximum absolute atomic E-state index is 10.3. The van der Waals surface area contributed by atoms with Crippen molar-refractivity contribution in [3.63, 3.8) is 0 Å². The van der Waals surface area contributed by atoms with Crippen LogP contribution in [0.25, 0.3) is 0 Å². The highest BCUT2D eigenvalue weighted by molar-refractivity contribution is 5.81. The van der Waals surface area contributed by atoms with Gasteiger partial charge in [-0.25, -0.2) is 4.79 Å². The fraction of sp³-hybridized carbons (Fsp3) is 0.571. The number of carboxylic acids is 1. The standard InChI is InChI=1S/C7H10N2O3/c1-7(2,3)6-8-4(5(10)11)12-9-6/h1-3H3,(H,10,11). The Morgan fingerprint density at radius 3 is 2.33 bits per heavy atom. The predicted molar refractivity (Wildman–Crippen MR) is 40.0 cm³/mol. The quantitative estimate of drug-likeness (QED) is 0.682. The summed E-state index contributed by atoms with van der Waals surface area (Å²) >= 11 is 0. The van der Waals surface area contributed by atoms with Crippen LogP contribution in [0.15, 0.2) is 4.52 Å². The molecule has 0 unspecified atom stereocenters. The molecule has 1 heterocycles. The molecule has 0 radical (unpaired) electrons. The van der Waals surface area contributed by atoms with Gasteiger partial charge >= 0.3 is 11.9 Å². The fourth-order valence-electron chi connectivity index (χ4n) is 0.615. The average Bonchev–Trinajstić information content (AvgIpc) is 2.30. The number of aromatic nitrogens is 2. The SMILES string of the molecule is CC(C)(C)c1noc(C(=O)O)n1.